The second-order valence-electron chi connectivity index (χ2n) is 6.30. The Morgan fingerprint density at radius 2 is 2.00 bits per heavy atom. The highest BCUT2D eigenvalue weighted by Crippen LogP contribution is 2.35. The van der Waals surface area contributed by atoms with Crippen molar-refractivity contribution in [2.75, 3.05) is 13.1 Å². The second-order valence-corrected chi connectivity index (χ2v) is 6.30. The fraction of sp³-hybridized carbons (Fsp3) is 0.421. The zero-order valence-corrected chi connectivity index (χ0v) is 13.9. The van der Waals surface area contributed by atoms with Crippen molar-refractivity contribution in [2.24, 2.45) is 0 Å². The van der Waals surface area contributed by atoms with Gasteiger partial charge in [0.05, 0.1) is 11.5 Å². The number of aromatic nitrogens is 2. The van der Waals surface area contributed by atoms with Gasteiger partial charge in [0.2, 0.25) is 5.91 Å². The number of likely N-dealkylation sites (tertiary alicyclic amines) is 1. The summed E-state index contributed by atoms with van der Waals surface area (Å²) < 4.78 is 1.73. The van der Waals surface area contributed by atoms with Gasteiger partial charge in [-0.2, -0.15) is 10.4 Å². The van der Waals surface area contributed by atoms with Crippen molar-refractivity contribution in [3.8, 4) is 6.07 Å². The Kier molecular flexibility index (Phi) is 4.66. The van der Waals surface area contributed by atoms with E-state index in [1.165, 1.54) is 0 Å². The van der Waals surface area contributed by atoms with Crippen molar-refractivity contribution in [1.29, 1.82) is 5.26 Å². The van der Waals surface area contributed by atoms with E-state index in [4.69, 9.17) is 0 Å². The van der Waals surface area contributed by atoms with Crippen LogP contribution in [0.4, 0.5) is 0 Å². The van der Waals surface area contributed by atoms with Gasteiger partial charge in [0.25, 0.3) is 0 Å². The van der Waals surface area contributed by atoms with Crippen LogP contribution in [0.5, 0.6) is 0 Å². The molecule has 1 aromatic carbocycles. The molecular weight excluding hydrogens is 300 g/mol. The lowest BCUT2D eigenvalue weighted by molar-refractivity contribution is -0.136. The van der Waals surface area contributed by atoms with Crippen LogP contribution in [0.1, 0.15) is 37.8 Å². The third-order valence-corrected chi connectivity index (χ3v) is 4.99. The molecule has 0 N–H and O–H groups in total. The molecular formula is C19H22N4O. The minimum absolute atomic E-state index is 0.0980. The summed E-state index contributed by atoms with van der Waals surface area (Å²) in [5, 5.41) is 14.0. The number of hydrogen-bond acceptors (Lipinski definition) is 3. The van der Waals surface area contributed by atoms with Gasteiger partial charge in [0.1, 0.15) is 6.04 Å². The first-order valence-electron chi connectivity index (χ1n) is 8.45. The molecule has 0 unspecified atom stereocenters. The van der Waals surface area contributed by atoms with Crippen molar-refractivity contribution in [3.63, 3.8) is 0 Å². The maximum Gasteiger partial charge on any atom is 0.247 e. The number of nitrogens with zero attached hydrogens (tertiary/aromatic N) is 4. The quantitative estimate of drug-likeness (QED) is 0.869. The summed E-state index contributed by atoms with van der Waals surface area (Å²) in [7, 11) is 0. The van der Waals surface area contributed by atoms with Gasteiger partial charge in [-0.05, 0) is 30.9 Å². The summed E-state index contributed by atoms with van der Waals surface area (Å²) in [6.07, 6.45) is 5.59. The topological polar surface area (TPSA) is 61.9 Å². The van der Waals surface area contributed by atoms with Gasteiger partial charge in [0.15, 0.2) is 0 Å². The van der Waals surface area contributed by atoms with Gasteiger partial charge in [-0.1, -0.05) is 37.3 Å². The van der Waals surface area contributed by atoms with E-state index in [0.29, 0.717) is 32.4 Å². The summed E-state index contributed by atoms with van der Waals surface area (Å²) in [6, 6.07) is 14.0. The number of amides is 1. The predicted molar refractivity (Wildman–Crippen MR) is 91.1 cm³/mol. The number of hydrogen-bond donors (Lipinski definition) is 0. The zero-order chi connectivity index (χ0) is 17.0. The number of piperidine rings is 1. The van der Waals surface area contributed by atoms with Crippen LogP contribution in [0, 0.1) is 11.3 Å². The predicted octanol–water partition coefficient (Wildman–Crippen LogP) is 2.92. The highest BCUT2D eigenvalue weighted by Gasteiger charge is 2.38. The molecule has 24 heavy (non-hydrogen) atoms. The molecule has 0 aliphatic carbocycles. The van der Waals surface area contributed by atoms with Crippen molar-refractivity contribution >= 4 is 5.91 Å². The van der Waals surface area contributed by atoms with Gasteiger partial charge in [0, 0.05) is 25.5 Å². The first-order valence-corrected chi connectivity index (χ1v) is 8.45. The van der Waals surface area contributed by atoms with Gasteiger partial charge in [-0.3, -0.25) is 9.48 Å². The summed E-state index contributed by atoms with van der Waals surface area (Å²) >= 11 is 0. The molecule has 124 valence electrons. The molecule has 5 nitrogen and oxygen atoms in total. The van der Waals surface area contributed by atoms with E-state index in [2.05, 4.69) is 11.2 Å². The van der Waals surface area contributed by atoms with Gasteiger partial charge >= 0.3 is 0 Å². The maximum atomic E-state index is 12.8. The lowest BCUT2D eigenvalue weighted by Crippen LogP contribution is -2.47. The Hall–Kier alpha value is -2.61. The number of carbonyl (C=O) groups excluding carboxylic acids is 1. The highest BCUT2D eigenvalue weighted by molar-refractivity contribution is 5.80. The van der Waals surface area contributed by atoms with Crippen LogP contribution in [-0.2, 0) is 10.2 Å². The fourth-order valence-electron chi connectivity index (χ4n) is 3.48. The zero-order valence-electron chi connectivity index (χ0n) is 13.9. The van der Waals surface area contributed by atoms with E-state index in [0.717, 1.165) is 5.56 Å². The van der Waals surface area contributed by atoms with Gasteiger partial charge in [-0.15, -0.1) is 0 Å². The summed E-state index contributed by atoms with van der Waals surface area (Å²) in [5.74, 6) is 0.0980. The molecule has 0 radical (unpaired) electrons. The lowest BCUT2D eigenvalue weighted by Gasteiger charge is -2.38. The van der Waals surface area contributed by atoms with Gasteiger partial charge in [-0.25, -0.2) is 0 Å². The first-order chi connectivity index (χ1) is 11.7. The third-order valence-electron chi connectivity index (χ3n) is 4.99. The molecule has 1 fully saturated rings. The largest absolute Gasteiger partial charge is 0.341 e. The van der Waals surface area contributed by atoms with Crippen LogP contribution in [0.15, 0.2) is 48.8 Å². The molecule has 0 saturated carbocycles. The van der Waals surface area contributed by atoms with Gasteiger partial charge < -0.3 is 4.90 Å². The number of nitriles is 1. The molecule has 5 heteroatoms. The smallest absolute Gasteiger partial charge is 0.247 e. The standard InChI is InChI=1S/C19H22N4O/c1-2-17(23-12-6-11-21-23)18(24)22-13-9-19(15-20,10-14-22)16-7-4-3-5-8-16/h3-8,11-12,17H,2,9-10,13-14H2,1H3/t17-/m0/s1. The highest BCUT2D eigenvalue weighted by atomic mass is 16.2. The van der Waals surface area contributed by atoms with E-state index in [1.54, 1.807) is 10.9 Å². The second kappa shape index (κ2) is 6.88. The van der Waals surface area contributed by atoms with Crippen molar-refractivity contribution in [2.45, 2.75) is 37.6 Å². The van der Waals surface area contributed by atoms with Crippen molar-refractivity contribution < 1.29 is 4.79 Å². The summed E-state index contributed by atoms with van der Waals surface area (Å²) in [6.45, 7) is 3.22. The molecule has 1 atom stereocenters. The van der Waals surface area contributed by atoms with Crippen LogP contribution < -0.4 is 0 Å². The van der Waals surface area contributed by atoms with E-state index < -0.39 is 5.41 Å². The molecule has 1 aliphatic heterocycles. The minimum atomic E-state index is -0.481. The van der Waals surface area contributed by atoms with E-state index in [1.807, 2.05) is 54.4 Å². The van der Waals surface area contributed by atoms with Crippen LogP contribution in [0.3, 0.4) is 0 Å². The number of benzene rings is 1. The molecule has 1 aliphatic rings. The van der Waals surface area contributed by atoms with Crippen LogP contribution in [-0.4, -0.2) is 33.7 Å². The molecule has 0 spiro atoms. The number of carbonyl (C=O) groups is 1. The first kappa shape index (κ1) is 16.3. The summed E-state index contributed by atoms with van der Waals surface area (Å²) in [4.78, 5) is 14.7. The SMILES string of the molecule is CC[C@@H](C(=O)N1CCC(C#N)(c2ccccc2)CC1)n1cccn1. The Morgan fingerprint density at radius 1 is 1.29 bits per heavy atom. The molecule has 2 heterocycles. The Morgan fingerprint density at radius 3 is 2.54 bits per heavy atom. The van der Waals surface area contributed by atoms with E-state index >= 15 is 0 Å². The molecule has 3 rings (SSSR count). The van der Waals surface area contributed by atoms with Crippen molar-refractivity contribution in [1.82, 2.24) is 14.7 Å². The van der Waals surface area contributed by atoms with E-state index in [-0.39, 0.29) is 11.9 Å². The number of rotatable bonds is 4. The lowest BCUT2D eigenvalue weighted by atomic mass is 9.74. The Bertz CT molecular complexity index is 710. The normalized spacial score (nSPS) is 17.9. The molecule has 0 bridgehead atoms. The van der Waals surface area contributed by atoms with Crippen molar-refractivity contribution in [3.05, 3.63) is 54.4 Å². The third kappa shape index (κ3) is 2.92. The fourth-order valence-corrected chi connectivity index (χ4v) is 3.48. The van der Waals surface area contributed by atoms with Crippen LogP contribution >= 0.6 is 0 Å². The average molecular weight is 322 g/mol. The monoisotopic (exact) mass is 322 g/mol. The van der Waals surface area contributed by atoms with E-state index in [9.17, 15) is 10.1 Å². The van der Waals surface area contributed by atoms with Crippen LogP contribution in [0.25, 0.3) is 0 Å². The Balaban J connectivity index is 1.72. The average Bonchev–Trinajstić information content (AvgIpc) is 3.17. The minimum Gasteiger partial charge on any atom is -0.341 e. The molecule has 1 saturated heterocycles. The molecule has 1 aromatic heterocycles. The van der Waals surface area contributed by atoms with Crippen LogP contribution in [0.2, 0.25) is 0 Å². The maximum absolute atomic E-state index is 12.8. The Labute approximate surface area is 142 Å². The molecule has 1 amide bonds. The summed E-state index contributed by atoms with van der Waals surface area (Å²) in [5.41, 5.74) is 0.574. The molecule has 2 aromatic rings.